The summed E-state index contributed by atoms with van der Waals surface area (Å²) < 4.78 is 30.7. The zero-order chi connectivity index (χ0) is 19.8. The number of sulfonamides is 1. The molecular formula is C21H27N3O2S. The second kappa shape index (κ2) is 7.46. The normalized spacial score (nSPS) is 13.4. The molecule has 0 aliphatic heterocycles. The highest BCUT2D eigenvalue weighted by Crippen LogP contribution is 2.28. The molecule has 2 aromatic carbocycles. The number of benzene rings is 2. The van der Waals surface area contributed by atoms with Gasteiger partial charge in [0.2, 0.25) is 10.0 Å². The second-order valence-corrected chi connectivity index (χ2v) is 9.05. The van der Waals surface area contributed by atoms with Gasteiger partial charge in [0, 0.05) is 36.7 Å². The molecule has 1 unspecified atom stereocenters. The molecule has 0 bridgehead atoms. The molecule has 0 fully saturated rings. The summed E-state index contributed by atoms with van der Waals surface area (Å²) in [7, 11) is 2.37. The predicted molar refractivity (Wildman–Crippen MR) is 110 cm³/mol. The van der Waals surface area contributed by atoms with Crippen LogP contribution >= 0.6 is 0 Å². The van der Waals surface area contributed by atoms with Gasteiger partial charge in [0.15, 0.2) is 0 Å². The Morgan fingerprint density at radius 1 is 1.11 bits per heavy atom. The Kier molecular flexibility index (Phi) is 5.42. The van der Waals surface area contributed by atoms with Gasteiger partial charge in [0.05, 0.1) is 4.90 Å². The summed E-state index contributed by atoms with van der Waals surface area (Å²) in [5.74, 6) is 0. The van der Waals surface area contributed by atoms with Gasteiger partial charge in [-0.1, -0.05) is 30.3 Å². The lowest BCUT2D eigenvalue weighted by Crippen LogP contribution is -2.34. The van der Waals surface area contributed by atoms with Crippen LogP contribution in [0.3, 0.4) is 0 Å². The van der Waals surface area contributed by atoms with Gasteiger partial charge in [0.25, 0.3) is 0 Å². The molecule has 3 rings (SSSR count). The van der Waals surface area contributed by atoms with Crippen molar-refractivity contribution in [2.75, 3.05) is 20.6 Å². The molecule has 1 N–H and O–H groups in total. The molecule has 0 saturated carbocycles. The number of aryl methyl sites for hydroxylation is 3. The van der Waals surface area contributed by atoms with Crippen LogP contribution in [0.5, 0.6) is 0 Å². The van der Waals surface area contributed by atoms with Gasteiger partial charge in [-0.3, -0.25) is 0 Å². The number of hydrogen-bond donors (Lipinski definition) is 1. The highest BCUT2D eigenvalue weighted by atomic mass is 32.2. The highest BCUT2D eigenvalue weighted by Gasteiger charge is 2.23. The Balaban J connectivity index is 1.92. The molecular weight excluding hydrogens is 358 g/mol. The van der Waals surface area contributed by atoms with E-state index in [2.05, 4.69) is 27.6 Å². The molecule has 27 heavy (non-hydrogen) atoms. The lowest BCUT2D eigenvalue weighted by atomic mass is 10.1. The van der Waals surface area contributed by atoms with Crippen molar-refractivity contribution in [1.29, 1.82) is 0 Å². The minimum atomic E-state index is -3.58. The van der Waals surface area contributed by atoms with Crippen LogP contribution in [0.2, 0.25) is 0 Å². The fourth-order valence-corrected chi connectivity index (χ4v) is 4.84. The summed E-state index contributed by atoms with van der Waals surface area (Å²) in [6.07, 6.45) is 2.08. The fraction of sp³-hybridized carbons (Fsp3) is 0.333. The molecule has 0 aliphatic rings. The first-order chi connectivity index (χ1) is 12.7. The van der Waals surface area contributed by atoms with E-state index in [-0.39, 0.29) is 6.04 Å². The molecule has 6 heteroatoms. The monoisotopic (exact) mass is 385 g/mol. The van der Waals surface area contributed by atoms with Crippen LogP contribution in [0.1, 0.15) is 22.7 Å². The molecule has 1 atom stereocenters. The first-order valence-electron chi connectivity index (χ1n) is 8.98. The van der Waals surface area contributed by atoms with Crippen LogP contribution < -0.4 is 4.72 Å². The Bertz CT molecular complexity index is 1070. The van der Waals surface area contributed by atoms with Gasteiger partial charge >= 0.3 is 0 Å². The maximum absolute atomic E-state index is 12.9. The van der Waals surface area contributed by atoms with Crippen molar-refractivity contribution in [2.45, 2.75) is 24.8 Å². The third-order valence-corrected chi connectivity index (χ3v) is 6.58. The van der Waals surface area contributed by atoms with Crippen molar-refractivity contribution < 1.29 is 8.42 Å². The first kappa shape index (κ1) is 19.6. The van der Waals surface area contributed by atoms with Gasteiger partial charge in [-0.25, -0.2) is 13.1 Å². The van der Waals surface area contributed by atoms with E-state index in [0.29, 0.717) is 11.4 Å². The van der Waals surface area contributed by atoms with Crippen LogP contribution in [0, 0.1) is 13.8 Å². The van der Waals surface area contributed by atoms with E-state index in [1.165, 1.54) is 0 Å². The molecule has 0 aliphatic carbocycles. The molecule has 5 nitrogen and oxygen atoms in total. The number of rotatable bonds is 6. The summed E-state index contributed by atoms with van der Waals surface area (Å²) in [5, 5.41) is 1.14. The lowest BCUT2D eigenvalue weighted by Gasteiger charge is -2.24. The van der Waals surface area contributed by atoms with E-state index in [1.807, 2.05) is 64.2 Å². The first-order valence-corrected chi connectivity index (χ1v) is 10.5. The minimum Gasteiger partial charge on any atom is -0.350 e. The number of hydrogen-bond acceptors (Lipinski definition) is 3. The summed E-state index contributed by atoms with van der Waals surface area (Å²) >= 11 is 0. The number of nitrogens with one attached hydrogen (secondary N) is 1. The van der Waals surface area contributed by atoms with Crippen molar-refractivity contribution in [3.8, 4) is 0 Å². The van der Waals surface area contributed by atoms with Crippen LogP contribution in [-0.4, -0.2) is 38.5 Å². The van der Waals surface area contributed by atoms with E-state index in [4.69, 9.17) is 0 Å². The van der Waals surface area contributed by atoms with Crippen molar-refractivity contribution in [3.05, 3.63) is 65.4 Å². The Morgan fingerprint density at radius 3 is 2.52 bits per heavy atom. The third kappa shape index (κ3) is 3.93. The van der Waals surface area contributed by atoms with Gasteiger partial charge < -0.3 is 9.47 Å². The maximum atomic E-state index is 12.9. The number of para-hydroxylation sites is 1. The summed E-state index contributed by atoms with van der Waals surface area (Å²) in [6.45, 7) is 4.02. The van der Waals surface area contributed by atoms with Crippen molar-refractivity contribution in [1.82, 2.24) is 14.2 Å². The zero-order valence-electron chi connectivity index (χ0n) is 16.5. The standard InChI is InChI=1S/C21H27N3O2S/c1-15-10-11-16(2)21(12-15)27(25,26)22-13-20(23(3)4)18-14-24(5)19-9-7-6-8-17(18)19/h6-12,14,20,22H,13H2,1-5H3. The van der Waals surface area contributed by atoms with E-state index in [0.717, 1.165) is 27.6 Å². The average Bonchev–Trinajstić information content (AvgIpc) is 2.94. The summed E-state index contributed by atoms with van der Waals surface area (Å²) in [4.78, 5) is 2.39. The van der Waals surface area contributed by atoms with Crippen LogP contribution in [0.4, 0.5) is 0 Å². The average molecular weight is 386 g/mol. The maximum Gasteiger partial charge on any atom is 0.240 e. The SMILES string of the molecule is Cc1ccc(C)c(S(=O)(=O)NCC(c2cn(C)c3ccccc23)N(C)C)c1. The summed E-state index contributed by atoms with van der Waals surface area (Å²) in [6, 6.07) is 13.6. The number of fused-ring (bicyclic) bond motifs is 1. The minimum absolute atomic E-state index is 0.0732. The van der Waals surface area contributed by atoms with Crippen molar-refractivity contribution in [3.63, 3.8) is 0 Å². The molecule has 0 amide bonds. The van der Waals surface area contributed by atoms with E-state index >= 15 is 0 Å². The predicted octanol–water partition coefficient (Wildman–Crippen LogP) is 3.38. The van der Waals surface area contributed by atoms with E-state index in [1.54, 1.807) is 6.07 Å². The zero-order valence-corrected chi connectivity index (χ0v) is 17.3. The smallest absolute Gasteiger partial charge is 0.240 e. The molecule has 0 spiro atoms. The number of nitrogens with zero attached hydrogens (tertiary/aromatic N) is 2. The number of aromatic nitrogens is 1. The van der Waals surface area contributed by atoms with Gasteiger partial charge in [-0.2, -0.15) is 0 Å². The molecule has 3 aromatic rings. The Hall–Kier alpha value is -2.15. The van der Waals surface area contributed by atoms with E-state index in [9.17, 15) is 8.42 Å². The topological polar surface area (TPSA) is 54.3 Å². The van der Waals surface area contributed by atoms with Gasteiger partial charge in [-0.15, -0.1) is 0 Å². The molecule has 0 saturated heterocycles. The van der Waals surface area contributed by atoms with E-state index < -0.39 is 10.0 Å². The number of likely N-dealkylation sites (N-methyl/N-ethyl adjacent to an activating group) is 1. The largest absolute Gasteiger partial charge is 0.350 e. The van der Waals surface area contributed by atoms with Crippen molar-refractivity contribution in [2.24, 2.45) is 7.05 Å². The lowest BCUT2D eigenvalue weighted by molar-refractivity contribution is 0.301. The molecule has 144 valence electrons. The van der Waals surface area contributed by atoms with Crippen molar-refractivity contribution >= 4 is 20.9 Å². The molecule has 0 radical (unpaired) electrons. The second-order valence-electron chi connectivity index (χ2n) is 7.31. The quantitative estimate of drug-likeness (QED) is 0.708. The fourth-order valence-electron chi connectivity index (χ4n) is 3.47. The highest BCUT2D eigenvalue weighted by molar-refractivity contribution is 7.89. The van der Waals surface area contributed by atoms with Gasteiger partial charge in [-0.05, 0) is 56.8 Å². The van der Waals surface area contributed by atoms with Gasteiger partial charge in [0.1, 0.15) is 0 Å². The summed E-state index contributed by atoms with van der Waals surface area (Å²) in [5.41, 5.74) is 3.93. The van der Waals surface area contributed by atoms with Crippen LogP contribution in [0.25, 0.3) is 10.9 Å². The third-order valence-electron chi connectivity index (χ3n) is 5.01. The Morgan fingerprint density at radius 2 is 1.81 bits per heavy atom. The van der Waals surface area contributed by atoms with Crippen LogP contribution in [0.15, 0.2) is 53.6 Å². The molecule has 1 aromatic heterocycles. The Labute approximate surface area is 161 Å². The van der Waals surface area contributed by atoms with Crippen LogP contribution in [-0.2, 0) is 17.1 Å². The molecule has 1 heterocycles.